The van der Waals surface area contributed by atoms with Crippen LogP contribution in [0.25, 0.3) is 0 Å². The normalized spacial score (nSPS) is 18.4. The Morgan fingerprint density at radius 2 is 1.60 bits per heavy atom. The van der Waals surface area contributed by atoms with Crippen LogP contribution in [0.2, 0.25) is 0 Å². The molecule has 42 heavy (non-hydrogen) atoms. The van der Waals surface area contributed by atoms with Crippen molar-refractivity contribution in [3.05, 3.63) is 92.3 Å². The molecule has 224 valence electrons. The number of aryl methyl sites for hydroxylation is 1. The largest absolute Gasteiger partial charge is 0.466 e. The maximum absolute atomic E-state index is 13.4. The Bertz CT molecular complexity index is 1540. The van der Waals surface area contributed by atoms with Crippen molar-refractivity contribution in [3.8, 4) is 0 Å². The summed E-state index contributed by atoms with van der Waals surface area (Å²) in [6.07, 6.45) is 0. The molecule has 0 aliphatic carbocycles. The second-order valence-corrected chi connectivity index (χ2v) is 12.1. The highest BCUT2D eigenvalue weighted by Crippen LogP contribution is 2.40. The number of sulfonamides is 1. The van der Waals surface area contributed by atoms with Gasteiger partial charge in [0.15, 0.2) is 0 Å². The Morgan fingerprint density at radius 3 is 2.19 bits per heavy atom. The van der Waals surface area contributed by atoms with Crippen molar-refractivity contribution in [2.24, 2.45) is 0 Å². The topological polar surface area (TPSA) is 148 Å². The fourth-order valence-corrected chi connectivity index (χ4v) is 6.62. The average molecular weight is 599 g/mol. The van der Waals surface area contributed by atoms with Gasteiger partial charge in [-0.2, -0.15) is 4.31 Å². The van der Waals surface area contributed by atoms with Crippen molar-refractivity contribution in [1.29, 1.82) is 0 Å². The summed E-state index contributed by atoms with van der Waals surface area (Å²) in [5.41, 5.74) is 2.40. The van der Waals surface area contributed by atoms with Crippen LogP contribution in [0.3, 0.4) is 0 Å². The third-order valence-electron chi connectivity index (χ3n) is 7.43. The van der Waals surface area contributed by atoms with Crippen molar-refractivity contribution >= 4 is 27.6 Å². The van der Waals surface area contributed by atoms with Gasteiger partial charge in [0.2, 0.25) is 10.0 Å². The van der Waals surface area contributed by atoms with Crippen molar-refractivity contribution < 1.29 is 32.4 Å². The minimum Gasteiger partial charge on any atom is -0.466 e. The fraction of sp³-hybridized carbons (Fsp3) is 0.379. The number of esters is 2. The van der Waals surface area contributed by atoms with E-state index in [9.17, 15) is 28.1 Å². The summed E-state index contributed by atoms with van der Waals surface area (Å²) in [6.45, 7) is 7.19. The highest BCUT2D eigenvalue weighted by atomic mass is 32.2. The molecule has 0 saturated carbocycles. The first-order valence-corrected chi connectivity index (χ1v) is 14.9. The molecule has 2 aliphatic heterocycles. The van der Waals surface area contributed by atoms with E-state index >= 15 is 0 Å². The monoisotopic (exact) mass is 598 g/mol. The zero-order valence-electron chi connectivity index (χ0n) is 24.0. The number of nitro groups is 1. The Morgan fingerprint density at radius 1 is 0.976 bits per heavy atom. The van der Waals surface area contributed by atoms with E-state index in [1.54, 1.807) is 44.2 Å². The van der Waals surface area contributed by atoms with Gasteiger partial charge in [0, 0.05) is 56.3 Å². The summed E-state index contributed by atoms with van der Waals surface area (Å²) in [7, 11) is -2.37. The molecule has 2 heterocycles. The van der Waals surface area contributed by atoms with Crippen LogP contribution in [0.5, 0.6) is 0 Å². The molecule has 1 fully saturated rings. The van der Waals surface area contributed by atoms with Gasteiger partial charge >= 0.3 is 11.9 Å². The molecule has 0 amide bonds. The van der Waals surface area contributed by atoms with Crippen LogP contribution in [-0.4, -0.2) is 80.9 Å². The maximum Gasteiger partial charge on any atom is 0.336 e. The van der Waals surface area contributed by atoms with Crippen LogP contribution in [0.1, 0.15) is 30.9 Å². The number of nitrogens with one attached hydrogen (secondary N) is 1. The molecule has 12 nitrogen and oxygen atoms in total. The molecule has 0 radical (unpaired) electrons. The number of hydrogen-bond donors (Lipinski definition) is 1. The maximum atomic E-state index is 13.4. The summed E-state index contributed by atoms with van der Waals surface area (Å²) in [5, 5.41) is 14.5. The fourth-order valence-electron chi connectivity index (χ4n) is 5.19. The minimum absolute atomic E-state index is 0.0260. The molecule has 0 spiro atoms. The van der Waals surface area contributed by atoms with E-state index in [2.05, 4.69) is 5.32 Å². The number of carbonyl (C=O) groups excluding carboxylic acids is 2. The number of dihydropyridines is 1. The highest BCUT2D eigenvalue weighted by Gasteiger charge is 2.38. The van der Waals surface area contributed by atoms with Gasteiger partial charge in [-0.3, -0.25) is 15.0 Å². The first-order valence-electron chi connectivity index (χ1n) is 13.4. The number of non-ortho nitro benzene ring substituents is 1. The van der Waals surface area contributed by atoms with E-state index in [-0.39, 0.29) is 28.3 Å². The number of hydrogen-bond acceptors (Lipinski definition) is 10. The highest BCUT2D eigenvalue weighted by molar-refractivity contribution is 7.89. The molecule has 4 rings (SSSR count). The Hall–Kier alpha value is -4.07. The van der Waals surface area contributed by atoms with Crippen molar-refractivity contribution in [2.75, 3.05) is 46.4 Å². The van der Waals surface area contributed by atoms with Gasteiger partial charge in [-0.25, -0.2) is 18.0 Å². The predicted octanol–water partition coefficient (Wildman–Crippen LogP) is 2.86. The van der Waals surface area contributed by atoms with Gasteiger partial charge in [-0.05, 0) is 38.5 Å². The van der Waals surface area contributed by atoms with Gasteiger partial charge < -0.3 is 14.8 Å². The molecule has 0 aromatic heterocycles. The van der Waals surface area contributed by atoms with E-state index in [0.29, 0.717) is 49.7 Å². The lowest BCUT2D eigenvalue weighted by Crippen LogP contribution is -2.49. The summed E-state index contributed by atoms with van der Waals surface area (Å²) in [6, 6.07) is 12.5. The van der Waals surface area contributed by atoms with Crippen LogP contribution >= 0.6 is 0 Å². The SMILES string of the molecule is COC(=O)C1=C(C)NC(C)=C(C(=O)OCCN2CCN(S(=O)(=O)c3ccc(C)cc3)CC2)C1c1cccc([N+](=O)[O-])c1. The lowest BCUT2D eigenvalue weighted by molar-refractivity contribution is -0.384. The van der Waals surface area contributed by atoms with Crippen molar-refractivity contribution in [1.82, 2.24) is 14.5 Å². The Balaban J connectivity index is 1.44. The molecule has 0 bridgehead atoms. The Labute approximate surface area is 244 Å². The van der Waals surface area contributed by atoms with E-state index in [1.165, 1.54) is 29.6 Å². The second-order valence-electron chi connectivity index (χ2n) is 10.2. The number of benzene rings is 2. The number of carbonyl (C=O) groups is 2. The zero-order chi connectivity index (χ0) is 30.6. The predicted molar refractivity (Wildman–Crippen MR) is 154 cm³/mol. The van der Waals surface area contributed by atoms with Gasteiger partial charge in [-0.15, -0.1) is 0 Å². The summed E-state index contributed by atoms with van der Waals surface area (Å²) in [4.78, 5) is 39.4. The molecular formula is C29H34N4O8S. The van der Waals surface area contributed by atoms with Crippen LogP contribution < -0.4 is 5.32 Å². The molecule has 13 heteroatoms. The third-order valence-corrected chi connectivity index (χ3v) is 9.34. The zero-order valence-corrected chi connectivity index (χ0v) is 24.8. The molecule has 1 atom stereocenters. The Kier molecular flexibility index (Phi) is 9.44. The van der Waals surface area contributed by atoms with E-state index < -0.39 is 32.8 Å². The van der Waals surface area contributed by atoms with E-state index in [4.69, 9.17) is 9.47 Å². The van der Waals surface area contributed by atoms with E-state index in [0.717, 1.165) is 5.56 Å². The third kappa shape index (κ3) is 6.53. The van der Waals surface area contributed by atoms with Gasteiger partial charge in [0.1, 0.15) is 6.61 Å². The molecular weight excluding hydrogens is 564 g/mol. The summed E-state index contributed by atoms with van der Waals surface area (Å²) >= 11 is 0. The molecule has 1 N–H and O–H groups in total. The summed E-state index contributed by atoms with van der Waals surface area (Å²) in [5.74, 6) is -2.29. The molecule has 2 aromatic carbocycles. The molecule has 1 unspecified atom stereocenters. The number of nitro benzene ring substituents is 1. The van der Waals surface area contributed by atoms with E-state index in [1.807, 2.05) is 11.8 Å². The molecule has 1 saturated heterocycles. The smallest absolute Gasteiger partial charge is 0.336 e. The minimum atomic E-state index is -3.59. The van der Waals surface area contributed by atoms with Gasteiger partial charge in [0.25, 0.3) is 5.69 Å². The second kappa shape index (κ2) is 12.8. The van der Waals surface area contributed by atoms with Gasteiger partial charge in [-0.1, -0.05) is 29.8 Å². The first-order chi connectivity index (χ1) is 19.9. The number of methoxy groups -OCH3 is 1. The number of rotatable bonds is 9. The quantitative estimate of drug-likeness (QED) is 0.259. The summed E-state index contributed by atoms with van der Waals surface area (Å²) < 4.78 is 38.1. The van der Waals surface area contributed by atoms with Crippen LogP contribution in [0, 0.1) is 17.0 Å². The standard InChI is InChI=1S/C29H34N4O8S/c1-19-8-10-24(11-9-19)42(38,39)32-14-12-31(13-15-32)16-17-41-29(35)26-21(3)30-20(2)25(28(34)40-4)27(26)22-6-5-7-23(18-22)33(36)37/h5-11,18,27,30H,12-17H2,1-4H3. The van der Waals surface area contributed by atoms with Crippen molar-refractivity contribution in [3.63, 3.8) is 0 Å². The van der Waals surface area contributed by atoms with Crippen LogP contribution in [0.4, 0.5) is 5.69 Å². The first kappa shape index (κ1) is 30.9. The van der Waals surface area contributed by atoms with Crippen LogP contribution in [-0.2, 0) is 29.1 Å². The lowest BCUT2D eigenvalue weighted by Gasteiger charge is -2.34. The number of allylic oxidation sites excluding steroid dienone is 2. The van der Waals surface area contributed by atoms with Gasteiger partial charge in [0.05, 0.1) is 34.0 Å². The number of piperazine rings is 1. The average Bonchev–Trinajstić information content (AvgIpc) is 2.97. The number of ether oxygens (including phenoxy) is 2. The lowest BCUT2D eigenvalue weighted by atomic mass is 9.80. The molecule has 2 aromatic rings. The van der Waals surface area contributed by atoms with Crippen LogP contribution in [0.15, 0.2) is 76.0 Å². The number of nitrogens with zero attached hydrogens (tertiary/aromatic N) is 3. The molecule has 2 aliphatic rings. The van der Waals surface area contributed by atoms with Crippen molar-refractivity contribution in [2.45, 2.75) is 31.6 Å².